The average Bonchev–Trinajstić information content (AvgIpc) is 3.36. The van der Waals surface area contributed by atoms with E-state index >= 15 is 0 Å². The molecule has 0 atom stereocenters. The van der Waals surface area contributed by atoms with E-state index in [1.807, 2.05) is 0 Å². The maximum absolute atomic E-state index is 13.1. The molecule has 1 saturated carbocycles. The molecule has 2 aromatic heterocycles. The summed E-state index contributed by atoms with van der Waals surface area (Å²) in [6.45, 7) is 1.21. The van der Waals surface area contributed by atoms with Crippen molar-refractivity contribution in [3.63, 3.8) is 0 Å². The van der Waals surface area contributed by atoms with Crippen molar-refractivity contribution in [2.75, 3.05) is 6.54 Å². The molecular formula is C21H24FN5O2. The molecule has 0 spiro atoms. The van der Waals surface area contributed by atoms with E-state index < -0.39 is 0 Å². The standard InChI is InChI=1S/C21H24FN5O2/c22-17-7-5-16(6-8-17)13-26-14-24-20-18(21(26)29)12-25-27(20)10-9-23-19(28)11-15-3-1-2-4-15/h5-8,12,14-15H,1-4,9-11,13H2,(H,23,28). The Bertz CT molecular complexity index is 1050. The molecule has 29 heavy (non-hydrogen) atoms. The zero-order valence-corrected chi connectivity index (χ0v) is 16.2. The Morgan fingerprint density at radius 2 is 1.97 bits per heavy atom. The summed E-state index contributed by atoms with van der Waals surface area (Å²) < 4.78 is 16.2. The van der Waals surface area contributed by atoms with E-state index in [1.165, 1.54) is 42.1 Å². The van der Waals surface area contributed by atoms with E-state index in [9.17, 15) is 14.0 Å². The Morgan fingerprint density at radius 3 is 2.72 bits per heavy atom. The van der Waals surface area contributed by atoms with Crippen molar-refractivity contribution < 1.29 is 9.18 Å². The van der Waals surface area contributed by atoms with E-state index in [1.54, 1.807) is 16.8 Å². The molecule has 1 amide bonds. The Hall–Kier alpha value is -3.03. The number of nitrogens with zero attached hydrogens (tertiary/aromatic N) is 4. The third-order valence-corrected chi connectivity index (χ3v) is 5.48. The number of fused-ring (bicyclic) bond motifs is 1. The van der Waals surface area contributed by atoms with Crippen LogP contribution in [-0.4, -0.2) is 31.8 Å². The van der Waals surface area contributed by atoms with E-state index in [0.717, 1.165) is 18.4 Å². The van der Waals surface area contributed by atoms with Crippen molar-refractivity contribution in [3.05, 3.63) is 58.5 Å². The normalized spacial score (nSPS) is 14.5. The van der Waals surface area contributed by atoms with Gasteiger partial charge in [0.05, 0.1) is 19.3 Å². The third kappa shape index (κ3) is 4.52. The number of hydrogen-bond donors (Lipinski definition) is 1. The number of rotatable bonds is 7. The van der Waals surface area contributed by atoms with Crippen molar-refractivity contribution in [2.24, 2.45) is 5.92 Å². The highest BCUT2D eigenvalue weighted by atomic mass is 19.1. The fraction of sp³-hybridized carbons (Fsp3) is 0.429. The summed E-state index contributed by atoms with van der Waals surface area (Å²) in [5.74, 6) is 0.274. The first kappa shape index (κ1) is 19.3. The molecule has 152 valence electrons. The van der Waals surface area contributed by atoms with Crippen LogP contribution in [0.2, 0.25) is 0 Å². The van der Waals surface area contributed by atoms with Crippen LogP contribution in [0.4, 0.5) is 4.39 Å². The molecule has 0 saturated heterocycles. The van der Waals surface area contributed by atoms with Crippen molar-refractivity contribution in [3.8, 4) is 0 Å². The third-order valence-electron chi connectivity index (χ3n) is 5.48. The molecule has 1 aromatic carbocycles. The van der Waals surface area contributed by atoms with Gasteiger partial charge in [0.25, 0.3) is 5.56 Å². The number of aromatic nitrogens is 4. The molecule has 4 rings (SSSR count). The zero-order valence-electron chi connectivity index (χ0n) is 16.2. The smallest absolute Gasteiger partial charge is 0.264 e. The van der Waals surface area contributed by atoms with E-state index in [0.29, 0.717) is 43.0 Å². The topological polar surface area (TPSA) is 81.8 Å². The van der Waals surface area contributed by atoms with Crippen LogP contribution in [0, 0.1) is 11.7 Å². The van der Waals surface area contributed by atoms with Crippen LogP contribution in [0.5, 0.6) is 0 Å². The molecule has 1 aliphatic carbocycles. The van der Waals surface area contributed by atoms with E-state index in [2.05, 4.69) is 15.4 Å². The number of carbonyl (C=O) groups is 1. The molecule has 1 aliphatic rings. The number of benzene rings is 1. The van der Waals surface area contributed by atoms with Gasteiger partial charge in [-0.25, -0.2) is 14.1 Å². The minimum atomic E-state index is -0.314. The lowest BCUT2D eigenvalue weighted by Gasteiger charge is -2.10. The molecule has 2 heterocycles. The largest absolute Gasteiger partial charge is 0.354 e. The van der Waals surface area contributed by atoms with Gasteiger partial charge in [0.1, 0.15) is 17.5 Å². The predicted molar refractivity (Wildman–Crippen MR) is 107 cm³/mol. The molecule has 7 nitrogen and oxygen atoms in total. The summed E-state index contributed by atoms with van der Waals surface area (Å²) in [4.78, 5) is 29.1. The van der Waals surface area contributed by atoms with Crippen molar-refractivity contribution in [1.82, 2.24) is 24.6 Å². The van der Waals surface area contributed by atoms with Gasteiger partial charge in [-0.15, -0.1) is 0 Å². The SMILES string of the molecule is O=C(CC1CCCC1)NCCn1ncc2c(=O)n(Cc3ccc(F)cc3)cnc21. The summed E-state index contributed by atoms with van der Waals surface area (Å²) in [6.07, 6.45) is 8.31. The summed E-state index contributed by atoms with van der Waals surface area (Å²) in [5.41, 5.74) is 1.11. The minimum Gasteiger partial charge on any atom is -0.354 e. The number of amides is 1. The molecule has 0 bridgehead atoms. The second-order valence-electron chi connectivity index (χ2n) is 7.61. The molecular weight excluding hydrogens is 373 g/mol. The van der Waals surface area contributed by atoms with Gasteiger partial charge in [-0.05, 0) is 36.5 Å². The first-order chi connectivity index (χ1) is 14.1. The number of halogens is 1. The van der Waals surface area contributed by atoms with Gasteiger partial charge in [-0.1, -0.05) is 25.0 Å². The Morgan fingerprint density at radius 1 is 1.21 bits per heavy atom. The lowest BCUT2D eigenvalue weighted by Crippen LogP contribution is -2.29. The first-order valence-corrected chi connectivity index (χ1v) is 10.0. The van der Waals surface area contributed by atoms with Crippen LogP contribution in [0.3, 0.4) is 0 Å². The fourth-order valence-corrected chi connectivity index (χ4v) is 3.91. The maximum Gasteiger partial charge on any atom is 0.264 e. The highest BCUT2D eigenvalue weighted by molar-refractivity contribution is 5.76. The van der Waals surface area contributed by atoms with Gasteiger partial charge < -0.3 is 5.32 Å². The Labute approximate surface area is 167 Å². The van der Waals surface area contributed by atoms with Crippen LogP contribution in [0.1, 0.15) is 37.7 Å². The number of hydrogen-bond acceptors (Lipinski definition) is 4. The molecule has 1 N–H and O–H groups in total. The van der Waals surface area contributed by atoms with Gasteiger partial charge in [-0.3, -0.25) is 14.2 Å². The Balaban J connectivity index is 1.39. The highest BCUT2D eigenvalue weighted by Gasteiger charge is 2.18. The van der Waals surface area contributed by atoms with Gasteiger partial charge in [0.2, 0.25) is 5.91 Å². The summed E-state index contributed by atoms with van der Waals surface area (Å²) >= 11 is 0. The van der Waals surface area contributed by atoms with Gasteiger partial charge in [-0.2, -0.15) is 5.10 Å². The second-order valence-corrected chi connectivity index (χ2v) is 7.61. The number of nitrogens with one attached hydrogen (secondary N) is 1. The maximum atomic E-state index is 13.1. The van der Waals surface area contributed by atoms with E-state index in [4.69, 9.17) is 0 Å². The monoisotopic (exact) mass is 397 g/mol. The van der Waals surface area contributed by atoms with Crippen LogP contribution in [0.15, 0.2) is 41.6 Å². The molecule has 1 fully saturated rings. The predicted octanol–water partition coefficient (Wildman–Crippen LogP) is 2.48. The van der Waals surface area contributed by atoms with E-state index in [-0.39, 0.29) is 17.3 Å². The van der Waals surface area contributed by atoms with Crippen molar-refractivity contribution in [1.29, 1.82) is 0 Å². The Kier molecular flexibility index (Phi) is 5.69. The lowest BCUT2D eigenvalue weighted by molar-refractivity contribution is -0.122. The van der Waals surface area contributed by atoms with Gasteiger partial charge in [0.15, 0.2) is 5.65 Å². The average molecular weight is 397 g/mol. The molecule has 0 unspecified atom stereocenters. The van der Waals surface area contributed by atoms with Crippen LogP contribution in [-0.2, 0) is 17.9 Å². The zero-order chi connectivity index (χ0) is 20.2. The molecule has 3 aromatic rings. The first-order valence-electron chi connectivity index (χ1n) is 10.0. The highest BCUT2D eigenvalue weighted by Crippen LogP contribution is 2.27. The minimum absolute atomic E-state index is 0.0722. The molecule has 8 heteroatoms. The number of carbonyl (C=O) groups excluding carboxylic acids is 1. The second kappa shape index (κ2) is 8.55. The molecule has 0 aliphatic heterocycles. The summed E-state index contributed by atoms with van der Waals surface area (Å²) in [7, 11) is 0. The molecule has 0 radical (unpaired) electrons. The quantitative estimate of drug-likeness (QED) is 0.664. The van der Waals surface area contributed by atoms with Gasteiger partial charge in [0, 0.05) is 13.0 Å². The van der Waals surface area contributed by atoms with Crippen molar-refractivity contribution >= 4 is 16.9 Å². The fourth-order valence-electron chi connectivity index (χ4n) is 3.91. The van der Waals surface area contributed by atoms with Crippen LogP contribution < -0.4 is 10.9 Å². The van der Waals surface area contributed by atoms with Crippen molar-refractivity contribution in [2.45, 2.75) is 45.2 Å². The van der Waals surface area contributed by atoms with Crippen LogP contribution >= 0.6 is 0 Å². The summed E-state index contributed by atoms with van der Waals surface area (Å²) in [5, 5.41) is 7.61. The van der Waals surface area contributed by atoms with Gasteiger partial charge >= 0.3 is 0 Å². The summed E-state index contributed by atoms with van der Waals surface area (Å²) in [6, 6.07) is 6.02. The lowest BCUT2D eigenvalue weighted by atomic mass is 10.0. The van der Waals surface area contributed by atoms with Crippen LogP contribution in [0.25, 0.3) is 11.0 Å².